The number of allylic oxidation sites excluding steroid dienone is 4. The second-order valence-electron chi connectivity index (χ2n) is 5.58. The van der Waals surface area contributed by atoms with Crippen molar-refractivity contribution >= 4 is 40.2 Å². The first-order valence-corrected chi connectivity index (χ1v) is 8.39. The number of rotatable bonds is 7. The number of nitrogen functional groups attached to an aromatic ring is 2. The van der Waals surface area contributed by atoms with Crippen LogP contribution in [0.2, 0.25) is 0 Å². The van der Waals surface area contributed by atoms with Crippen molar-refractivity contribution in [3.8, 4) is 5.75 Å². The molecular formula is C18H22ClN3O2. The summed E-state index contributed by atoms with van der Waals surface area (Å²) in [4.78, 5) is 15.7. The van der Waals surface area contributed by atoms with Crippen LogP contribution in [0.15, 0.2) is 40.4 Å². The van der Waals surface area contributed by atoms with Gasteiger partial charge in [0.15, 0.2) is 5.78 Å². The van der Waals surface area contributed by atoms with E-state index in [4.69, 9.17) is 27.8 Å². The van der Waals surface area contributed by atoms with Crippen LogP contribution in [0, 0.1) is 0 Å². The second-order valence-corrected chi connectivity index (χ2v) is 5.99. The van der Waals surface area contributed by atoms with E-state index < -0.39 is 0 Å². The maximum atomic E-state index is 11.3. The standard InChI is InChI=1S/C18H22ClN3O2/c1-2-3-4-5-8-24-18-11-17(14(20)10-15(18)21)22-16-7-6-12(23)9-13(16)19/h6-7,9-11H,2-5,8,20-21H2,1H3. The lowest BCUT2D eigenvalue weighted by Gasteiger charge is -2.12. The highest BCUT2D eigenvalue weighted by atomic mass is 35.5. The fraction of sp³-hybridized carbons (Fsp3) is 0.333. The third-order valence-electron chi connectivity index (χ3n) is 3.57. The lowest BCUT2D eigenvalue weighted by atomic mass is 10.1. The fourth-order valence-electron chi connectivity index (χ4n) is 2.24. The molecule has 24 heavy (non-hydrogen) atoms. The minimum atomic E-state index is -0.166. The molecule has 0 spiro atoms. The van der Waals surface area contributed by atoms with Crippen LogP contribution in [0.5, 0.6) is 5.75 Å². The molecule has 0 fully saturated rings. The first-order chi connectivity index (χ1) is 11.5. The molecule has 128 valence electrons. The summed E-state index contributed by atoms with van der Waals surface area (Å²) in [6.45, 7) is 2.76. The quantitative estimate of drug-likeness (QED) is 0.440. The van der Waals surface area contributed by atoms with Gasteiger partial charge in [-0.2, -0.15) is 0 Å². The van der Waals surface area contributed by atoms with Crippen molar-refractivity contribution in [2.45, 2.75) is 32.6 Å². The fourth-order valence-corrected chi connectivity index (χ4v) is 2.46. The average molecular weight is 348 g/mol. The van der Waals surface area contributed by atoms with Gasteiger partial charge in [0.25, 0.3) is 0 Å². The van der Waals surface area contributed by atoms with Gasteiger partial charge in [0.05, 0.1) is 34.4 Å². The number of anilines is 2. The number of nitrogens with two attached hydrogens (primary N) is 2. The van der Waals surface area contributed by atoms with E-state index >= 15 is 0 Å². The lowest BCUT2D eigenvalue weighted by molar-refractivity contribution is -0.110. The molecule has 5 nitrogen and oxygen atoms in total. The van der Waals surface area contributed by atoms with Gasteiger partial charge >= 0.3 is 0 Å². The summed E-state index contributed by atoms with van der Waals surface area (Å²) in [5.74, 6) is 0.386. The van der Waals surface area contributed by atoms with E-state index in [1.54, 1.807) is 18.2 Å². The van der Waals surface area contributed by atoms with Crippen molar-refractivity contribution in [2.75, 3.05) is 18.1 Å². The smallest absolute Gasteiger partial charge is 0.180 e. The molecule has 1 aromatic carbocycles. The number of carbonyl (C=O) groups excluding carboxylic acids is 1. The molecule has 0 radical (unpaired) electrons. The van der Waals surface area contributed by atoms with Crippen molar-refractivity contribution in [3.05, 3.63) is 35.4 Å². The number of ketones is 1. The molecule has 0 amide bonds. The summed E-state index contributed by atoms with van der Waals surface area (Å²) in [7, 11) is 0. The van der Waals surface area contributed by atoms with Crippen LogP contribution in [-0.2, 0) is 4.79 Å². The van der Waals surface area contributed by atoms with Crippen LogP contribution >= 0.6 is 11.6 Å². The minimum Gasteiger partial charge on any atom is -0.491 e. The van der Waals surface area contributed by atoms with Gasteiger partial charge in [0.2, 0.25) is 0 Å². The summed E-state index contributed by atoms with van der Waals surface area (Å²) in [5.41, 5.74) is 13.8. The van der Waals surface area contributed by atoms with Crippen LogP contribution in [0.3, 0.4) is 0 Å². The number of hydrogen-bond donors (Lipinski definition) is 2. The van der Waals surface area contributed by atoms with Crippen molar-refractivity contribution < 1.29 is 9.53 Å². The second kappa shape index (κ2) is 8.55. The SMILES string of the molecule is CCCCCCOc1cc(N=C2C=CC(=O)C=C2Cl)c(N)cc1N. The highest BCUT2D eigenvalue weighted by Crippen LogP contribution is 2.34. The Bertz CT molecular complexity index is 708. The molecule has 2 rings (SSSR count). The van der Waals surface area contributed by atoms with Crippen LogP contribution in [0.25, 0.3) is 0 Å². The van der Waals surface area contributed by atoms with Gasteiger partial charge in [0, 0.05) is 12.1 Å². The summed E-state index contributed by atoms with van der Waals surface area (Å²) in [6.07, 6.45) is 8.75. The number of benzene rings is 1. The Labute approximate surface area is 147 Å². The van der Waals surface area contributed by atoms with E-state index in [0.717, 1.165) is 12.8 Å². The Hall–Kier alpha value is -2.27. The zero-order valence-electron chi connectivity index (χ0n) is 13.7. The van der Waals surface area contributed by atoms with Crippen LogP contribution in [0.1, 0.15) is 32.6 Å². The number of carbonyl (C=O) groups is 1. The van der Waals surface area contributed by atoms with Gasteiger partial charge in [-0.3, -0.25) is 4.79 Å². The number of ether oxygens (including phenoxy) is 1. The zero-order chi connectivity index (χ0) is 17.5. The average Bonchev–Trinajstić information content (AvgIpc) is 2.53. The maximum Gasteiger partial charge on any atom is 0.180 e. The van der Waals surface area contributed by atoms with Crippen LogP contribution < -0.4 is 16.2 Å². The molecule has 1 aromatic rings. The van der Waals surface area contributed by atoms with E-state index in [1.807, 2.05) is 0 Å². The van der Waals surface area contributed by atoms with Crippen molar-refractivity contribution in [3.63, 3.8) is 0 Å². The molecule has 0 saturated carbocycles. The topological polar surface area (TPSA) is 90.7 Å². The minimum absolute atomic E-state index is 0.166. The van der Waals surface area contributed by atoms with Gasteiger partial charge in [0.1, 0.15) is 5.75 Å². The van der Waals surface area contributed by atoms with Gasteiger partial charge in [-0.05, 0) is 24.6 Å². The molecule has 0 atom stereocenters. The van der Waals surface area contributed by atoms with Gasteiger partial charge < -0.3 is 16.2 Å². The van der Waals surface area contributed by atoms with E-state index in [0.29, 0.717) is 35.1 Å². The molecule has 1 aliphatic rings. The largest absolute Gasteiger partial charge is 0.491 e. The molecule has 4 N–H and O–H groups in total. The van der Waals surface area contributed by atoms with Crippen molar-refractivity contribution in [1.82, 2.24) is 0 Å². The van der Waals surface area contributed by atoms with Crippen molar-refractivity contribution in [2.24, 2.45) is 4.99 Å². The number of aliphatic imine (C=N–C) groups is 1. The Morgan fingerprint density at radius 2 is 1.92 bits per heavy atom. The highest BCUT2D eigenvalue weighted by Gasteiger charge is 2.12. The molecule has 0 saturated heterocycles. The number of nitrogens with zero attached hydrogens (tertiary/aromatic N) is 1. The maximum absolute atomic E-state index is 11.3. The Morgan fingerprint density at radius 3 is 2.62 bits per heavy atom. The molecule has 0 aromatic heterocycles. The van der Waals surface area contributed by atoms with Crippen LogP contribution in [0.4, 0.5) is 17.1 Å². The third kappa shape index (κ3) is 4.86. The highest BCUT2D eigenvalue weighted by molar-refractivity contribution is 6.48. The van der Waals surface area contributed by atoms with E-state index in [-0.39, 0.29) is 10.8 Å². The summed E-state index contributed by atoms with van der Waals surface area (Å²) in [5, 5.41) is 0.278. The number of halogens is 1. The van der Waals surface area contributed by atoms with Crippen LogP contribution in [-0.4, -0.2) is 18.1 Å². The Morgan fingerprint density at radius 1 is 1.12 bits per heavy atom. The predicted octanol–water partition coefficient (Wildman–Crippen LogP) is 4.14. The first-order valence-electron chi connectivity index (χ1n) is 8.01. The molecule has 6 heteroatoms. The first kappa shape index (κ1) is 18.1. The monoisotopic (exact) mass is 347 g/mol. The van der Waals surface area contributed by atoms with Gasteiger partial charge in [-0.1, -0.05) is 37.8 Å². The zero-order valence-corrected chi connectivity index (χ0v) is 14.5. The number of hydrogen-bond acceptors (Lipinski definition) is 5. The normalized spacial score (nSPS) is 15.7. The molecule has 1 aliphatic carbocycles. The Balaban J connectivity index is 2.16. The summed E-state index contributed by atoms with van der Waals surface area (Å²) >= 11 is 6.04. The van der Waals surface area contributed by atoms with Gasteiger partial charge in [-0.25, -0.2) is 4.99 Å². The predicted molar refractivity (Wildman–Crippen MR) is 100 cm³/mol. The summed E-state index contributed by atoms with van der Waals surface area (Å²) in [6, 6.07) is 3.32. The Kier molecular flexibility index (Phi) is 6.44. The van der Waals surface area contributed by atoms with Crippen molar-refractivity contribution in [1.29, 1.82) is 0 Å². The van der Waals surface area contributed by atoms with E-state index in [2.05, 4.69) is 11.9 Å². The van der Waals surface area contributed by atoms with Gasteiger partial charge in [-0.15, -0.1) is 0 Å². The van der Waals surface area contributed by atoms with E-state index in [9.17, 15) is 4.79 Å². The lowest BCUT2D eigenvalue weighted by Crippen LogP contribution is -2.04. The molecule has 0 aliphatic heterocycles. The van der Waals surface area contributed by atoms with E-state index in [1.165, 1.54) is 25.0 Å². The number of unbranched alkanes of at least 4 members (excludes halogenated alkanes) is 3. The third-order valence-corrected chi connectivity index (χ3v) is 3.88. The molecule has 0 unspecified atom stereocenters. The molecule has 0 heterocycles. The molecule has 0 bridgehead atoms. The summed E-state index contributed by atoms with van der Waals surface area (Å²) < 4.78 is 5.74. The molecular weight excluding hydrogens is 326 g/mol.